The van der Waals surface area contributed by atoms with Gasteiger partial charge in [-0.05, 0) is 69.7 Å². The number of amides is 3. The smallest absolute Gasteiger partial charge is 0.259 e. The molecule has 1 saturated heterocycles. The molecule has 4 aliphatic rings. The van der Waals surface area contributed by atoms with Crippen LogP contribution in [-0.2, 0) is 24.4 Å². The van der Waals surface area contributed by atoms with E-state index in [9.17, 15) is 22.8 Å². The van der Waals surface area contributed by atoms with Crippen LogP contribution in [-0.4, -0.2) is 74.9 Å². The van der Waals surface area contributed by atoms with E-state index < -0.39 is 44.2 Å². The Bertz CT molecular complexity index is 1820. The third-order valence-corrected chi connectivity index (χ3v) is 12.5. The lowest BCUT2D eigenvalue weighted by molar-refractivity contribution is -0.140. The van der Waals surface area contributed by atoms with Crippen LogP contribution in [0.5, 0.6) is 0 Å². The zero-order valence-corrected chi connectivity index (χ0v) is 27.3. The first-order valence-corrected chi connectivity index (χ1v) is 18.1. The summed E-state index contributed by atoms with van der Waals surface area (Å²) in [5.41, 5.74) is 0.910. The van der Waals surface area contributed by atoms with Gasteiger partial charge in [-0.15, -0.1) is 5.10 Å². The van der Waals surface area contributed by atoms with E-state index in [4.69, 9.17) is 0 Å². The molecule has 0 radical (unpaired) electrons. The van der Waals surface area contributed by atoms with Crippen LogP contribution >= 0.6 is 0 Å². The number of carbonyl (C=O) groups is 3. The summed E-state index contributed by atoms with van der Waals surface area (Å²) in [6.45, 7) is 1.85. The number of aromatic nitrogens is 3. The molecule has 248 valence electrons. The molecule has 3 N–H and O–H groups in total. The summed E-state index contributed by atoms with van der Waals surface area (Å²) in [5, 5.41) is 15.1. The monoisotopic (exact) mass is 659 g/mol. The predicted octanol–water partition coefficient (Wildman–Crippen LogP) is 3.45. The van der Waals surface area contributed by atoms with Crippen LogP contribution in [0.1, 0.15) is 70.8 Å². The van der Waals surface area contributed by atoms with Gasteiger partial charge in [0.2, 0.25) is 21.8 Å². The van der Waals surface area contributed by atoms with Crippen LogP contribution in [0.25, 0.3) is 11.0 Å². The van der Waals surface area contributed by atoms with Gasteiger partial charge in [-0.1, -0.05) is 60.5 Å². The van der Waals surface area contributed by atoms with Crippen molar-refractivity contribution >= 4 is 44.5 Å². The zero-order valence-electron chi connectivity index (χ0n) is 26.5. The molecule has 12 nitrogen and oxygen atoms in total. The number of hydrogen-bond donors (Lipinski definition) is 3. The first-order valence-electron chi connectivity index (χ1n) is 16.6. The summed E-state index contributed by atoms with van der Waals surface area (Å²) in [6.07, 6.45) is 9.44. The highest BCUT2D eigenvalue weighted by Gasteiger charge is 2.63. The van der Waals surface area contributed by atoms with Crippen LogP contribution in [0.4, 0.5) is 5.69 Å². The van der Waals surface area contributed by atoms with Gasteiger partial charge in [0.25, 0.3) is 5.91 Å². The minimum Gasteiger partial charge on any atom is -0.374 e. The first-order chi connectivity index (χ1) is 22.6. The lowest BCUT2D eigenvalue weighted by Crippen LogP contribution is -2.58. The van der Waals surface area contributed by atoms with Crippen molar-refractivity contribution in [2.75, 3.05) is 11.9 Å². The number of sulfonamides is 1. The number of allylic oxidation sites excluding steroid dienone is 1. The third-order valence-electron chi connectivity index (χ3n) is 10.3. The fourth-order valence-corrected chi connectivity index (χ4v) is 8.26. The second-order valence-corrected chi connectivity index (χ2v) is 15.9. The molecule has 3 amide bonds. The van der Waals surface area contributed by atoms with Gasteiger partial charge in [0, 0.05) is 24.6 Å². The van der Waals surface area contributed by atoms with Crippen molar-refractivity contribution in [1.29, 1.82) is 0 Å². The number of rotatable bonds is 6. The molecule has 47 heavy (non-hydrogen) atoms. The van der Waals surface area contributed by atoms with Gasteiger partial charge in [0.1, 0.15) is 23.1 Å². The Hall–Kier alpha value is -4.26. The minimum absolute atomic E-state index is 0.205. The molecule has 0 spiro atoms. The summed E-state index contributed by atoms with van der Waals surface area (Å²) < 4.78 is 29.2. The minimum atomic E-state index is -3.92. The van der Waals surface area contributed by atoms with Gasteiger partial charge in [0.15, 0.2) is 0 Å². The highest BCUT2D eigenvalue weighted by Crippen LogP contribution is 2.47. The summed E-state index contributed by atoms with van der Waals surface area (Å²) in [5.74, 6) is -1.77. The standard InChI is InChI=1S/C34H41N7O5S/c1-33(18-19-33)47(45,46)38-32(44)34-21-23(34)12-6-3-2-4-9-16-27(35-24-13-7-5-8-14-24)31(43)40-22-25(20-29(40)30(42)36-34)41-28-17-11-10-15-26(28)37-39-41/h5-8,10-15,17,23,25,27,29,35H,2-4,9,16,18-22H2,1H3,(H,36,42)(H,38,44)/b12-6-/t23-,25-,27+,29+,34-/m1/s1. The summed E-state index contributed by atoms with van der Waals surface area (Å²) in [4.78, 5) is 44.1. The number of nitrogens with one attached hydrogen (secondary N) is 3. The van der Waals surface area contributed by atoms with Crippen molar-refractivity contribution in [2.24, 2.45) is 5.92 Å². The predicted molar refractivity (Wildman–Crippen MR) is 176 cm³/mol. The zero-order chi connectivity index (χ0) is 32.8. The highest BCUT2D eigenvalue weighted by atomic mass is 32.2. The Morgan fingerprint density at radius 1 is 1.02 bits per heavy atom. The van der Waals surface area contributed by atoms with Crippen LogP contribution in [0, 0.1) is 5.92 Å². The van der Waals surface area contributed by atoms with E-state index in [1.165, 1.54) is 0 Å². The third kappa shape index (κ3) is 6.01. The van der Waals surface area contributed by atoms with Gasteiger partial charge in [0.05, 0.1) is 16.3 Å². The Morgan fingerprint density at radius 3 is 2.57 bits per heavy atom. The van der Waals surface area contributed by atoms with Crippen molar-refractivity contribution in [1.82, 2.24) is 29.9 Å². The molecule has 2 saturated carbocycles. The quantitative estimate of drug-likeness (QED) is 0.340. The number of carbonyl (C=O) groups excluding carboxylic acids is 3. The second-order valence-electron chi connectivity index (χ2n) is 13.7. The van der Waals surface area contributed by atoms with Crippen LogP contribution < -0.4 is 15.4 Å². The SMILES string of the molecule is CC1(S(=O)(=O)NC(=O)[C@@]23C[C@H]2/C=C\CCCCC[C@H](Nc2ccccc2)C(=O)N2C[C@H](n4nnc5ccccc54)C[C@H]2C(=O)N3)CC1. The molecule has 2 aliphatic heterocycles. The van der Waals surface area contributed by atoms with Crippen molar-refractivity contribution in [3.8, 4) is 0 Å². The van der Waals surface area contributed by atoms with E-state index in [0.29, 0.717) is 24.8 Å². The van der Waals surface area contributed by atoms with Crippen molar-refractivity contribution < 1.29 is 22.8 Å². The number of anilines is 1. The molecule has 13 heteroatoms. The van der Waals surface area contributed by atoms with E-state index in [2.05, 4.69) is 25.7 Å². The average molecular weight is 660 g/mol. The van der Waals surface area contributed by atoms with E-state index in [0.717, 1.165) is 36.9 Å². The summed E-state index contributed by atoms with van der Waals surface area (Å²) in [7, 11) is -3.92. The summed E-state index contributed by atoms with van der Waals surface area (Å²) >= 11 is 0. The van der Waals surface area contributed by atoms with E-state index in [-0.39, 0.29) is 37.3 Å². The second kappa shape index (κ2) is 12.1. The fourth-order valence-electron chi connectivity index (χ4n) is 6.95. The summed E-state index contributed by atoms with van der Waals surface area (Å²) in [6, 6.07) is 15.3. The molecule has 1 aromatic heterocycles. The molecule has 5 atom stereocenters. The van der Waals surface area contributed by atoms with Crippen LogP contribution in [0.2, 0.25) is 0 Å². The molecule has 3 fully saturated rings. The molecule has 7 rings (SSSR count). The van der Waals surface area contributed by atoms with Crippen molar-refractivity contribution in [3.63, 3.8) is 0 Å². The topological polar surface area (TPSA) is 155 Å². The Balaban J connectivity index is 1.22. The largest absolute Gasteiger partial charge is 0.374 e. The molecule has 0 bridgehead atoms. The van der Waals surface area contributed by atoms with E-state index >= 15 is 0 Å². The Kier molecular flexibility index (Phi) is 8.05. The Labute approximate surface area is 274 Å². The normalized spacial score (nSPS) is 29.9. The average Bonchev–Trinajstić information content (AvgIpc) is 3.85. The molecule has 3 aromatic rings. The van der Waals surface area contributed by atoms with Crippen molar-refractivity contribution in [2.45, 2.75) is 93.1 Å². The number of hydrogen-bond acceptors (Lipinski definition) is 8. The number of nitrogens with zero attached hydrogens (tertiary/aromatic N) is 4. The molecule has 0 unspecified atom stereocenters. The maximum Gasteiger partial charge on any atom is 0.259 e. The number of para-hydroxylation sites is 2. The van der Waals surface area contributed by atoms with Gasteiger partial charge in [-0.3, -0.25) is 19.1 Å². The van der Waals surface area contributed by atoms with Gasteiger partial charge in [-0.25, -0.2) is 13.1 Å². The van der Waals surface area contributed by atoms with E-state index in [1.54, 1.807) is 16.5 Å². The van der Waals surface area contributed by atoms with Gasteiger partial charge in [-0.2, -0.15) is 0 Å². The van der Waals surface area contributed by atoms with Gasteiger partial charge < -0.3 is 15.5 Å². The molecular formula is C34H41N7O5S. The first kappa shape index (κ1) is 31.3. The lowest BCUT2D eigenvalue weighted by Gasteiger charge is -2.30. The highest BCUT2D eigenvalue weighted by molar-refractivity contribution is 7.91. The van der Waals surface area contributed by atoms with Crippen LogP contribution in [0.15, 0.2) is 66.7 Å². The lowest BCUT2D eigenvalue weighted by atomic mass is 10.0. The van der Waals surface area contributed by atoms with Crippen molar-refractivity contribution in [3.05, 3.63) is 66.7 Å². The Morgan fingerprint density at radius 2 is 1.79 bits per heavy atom. The van der Waals surface area contributed by atoms with E-state index in [1.807, 2.05) is 66.7 Å². The van der Waals surface area contributed by atoms with Crippen LogP contribution in [0.3, 0.4) is 0 Å². The molecule has 2 aliphatic carbocycles. The maximum absolute atomic E-state index is 14.5. The number of benzene rings is 2. The molecule has 3 heterocycles. The van der Waals surface area contributed by atoms with Gasteiger partial charge >= 0.3 is 0 Å². The fraction of sp³-hybridized carbons (Fsp3) is 0.500. The molecular weight excluding hydrogens is 618 g/mol. The molecule has 2 aromatic carbocycles. The maximum atomic E-state index is 14.5. The number of fused-ring (bicyclic) bond motifs is 3.